The number of carbonyl (C=O) groups is 1. The van der Waals surface area contributed by atoms with E-state index in [1.54, 1.807) is 0 Å². The van der Waals surface area contributed by atoms with Crippen LogP contribution in [0.1, 0.15) is 49.4 Å². The fraction of sp³-hybridized carbons (Fsp3) is 0.400. The second-order valence-corrected chi connectivity index (χ2v) is 4.25. The number of halogens is 1. The lowest BCUT2D eigenvalue weighted by molar-refractivity contribution is 0.0614. The van der Waals surface area contributed by atoms with E-state index >= 15 is 0 Å². The van der Waals surface area contributed by atoms with Crippen molar-refractivity contribution in [2.75, 3.05) is 0 Å². The van der Waals surface area contributed by atoms with Crippen molar-refractivity contribution in [2.45, 2.75) is 39.0 Å². The van der Waals surface area contributed by atoms with E-state index in [9.17, 15) is 9.18 Å². The summed E-state index contributed by atoms with van der Waals surface area (Å²) >= 11 is 0. The molecule has 1 rings (SSSR count). The van der Waals surface area contributed by atoms with Gasteiger partial charge in [-0.05, 0) is 30.7 Å². The Morgan fingerprint density at radius 1 is 1.22 bits per heavy atom. The smallest absolute Gasteiger partial charge is 0.343 e. The van der Waals surface area contributed by atoms with Gasteiger partial charge in [0.1, 0.15) is 11.6 Å². The van der Waals surface area contributed by atoms with Crippen molar-refractivity contribution in [1.29, 1.82) is 0 Å². The molecule has 0 unspecified atom stereocenters. The standard InChI is InChI=1S/C15H19FO2/c1-3-4-5-6-7-12(2)18-15(17)13-8-10-14(16)11-9-13/h8-11H,2-7H2,1H3. The van der Waals surface area contributed by atoms with Crippen LogP contribution >= 0.6 is 0 Å². The summed E-state index contributed by atoms with van der Waals surface area (Å²) in [5, 5.41) is 0. The van der Waals surface area contributed by atoms with Crippen molar-refractivity contribution >= 4 is 5.97 Å². The molecule has 0 aliphatic heterocycles. The molecule has 0 aromatic heterocycles. The molecule has 0 amide bonds. The predicted molar refractivity (Wildman–Crippen MR) is 69.7 cm³/mol. The Morgan fingerprint density at radius 3 is 2.50 bits per heavy atom. The van der Waals surface area contributed by atoms with Crippen LogP contribution in [0.3, 0.4) is 0 Å². The van der Waals surface area contributed by atoms with Gasteiger partial charge in [-0.3, -0.25) is 0 Å². The van der Waals surface area contributed by atoms with Crippen LogP contribution < -0.4 is 0 Å². The Hall–Kier alpha value is -1.64. The molecule has 0 fully saturated rings. The lowest BCUT2D eigenvalue weighted by Gasteiger charge is -2.07. The first kappa shape index (κ1) is 14.4. The maximum Gasteiger partial charge on any atom is 0.343 e. The highest BCUT2D eigenvalue weighted by atomic mass is 19.1. The van der Waals surface area contributed by atoms with Crippen molar-refractivity contribution in [1.82, 2.24) is 0 Å². The van der Waals surface area contributed by atoms with E-state index in [0.29, 0.717) is 17.7 Å². The van der Waals surface area contributed by atoms with Gasteiger partial charge in [-0.1, -0.05) is 32.8 Å². The molecule has 3 heteroatoms. The molecule has 1 aromatic rings. The third-order valence-corrected chi connectivity index (χ3v) is 2.63. The lowest BCUT2D eigenvalue weighted by atomic mass is 10.1. The number of benzene rings is 1. The van der Waals surface area contributed by atoms with Crippen molar-refractivity contribution in [3.05, 3.63) is 48.0 Å². The largest absolute Gasteiger partial charge is 0.428 e. The second kappa shape index (κ2) is 7.64. The van der Waals surface area contributed by atoms with Crippen molar-refractivity contribution in [3.8, 4) is 0 Å². The van der Waals surface area contributed by atoms with Crippen LogP contribution in [0.25, 0.3) is 0 Å². The number of allylic oxidation sites excluding steroid dienone is 1. The average molecular weight is 250 g/mol. The fourth-order valence-electron chi connectivity index (χ4n) is 1.58. The summed E-state index contributed by atoms with van der Waals surface area (Å²) < 4.78 is 17.8. The number of hydrogen-bond acceptors (Lipinski definition) is 2. The number of esters is 1. The van der Waals surface area contributed by atoms with Gasteiger partial charge < -0.3 is 4.74 Å². The first-order chi connectivity index (χ1) is 8.63. The molecule has 0 bridgehead atoms. The molecule has 2 nitrogen and oxygen atoms in total. The van der Waals surface area contributed by atoms with Gasteiger partial charge in [0.25, 0.3) is 0 Å². The van der Waals surface area contributed by atoms with Gasteiger partial charge in [0.2, 0.25) is 0 Å². The van der Waals surface area contributed by atoms with E-state index in [1.165, 1.54) is 37.1 Å². The van der Waals surface area contributed by atoms with Gasteiger partial charge in [-0.15, -0.1) is 0 Å². The molecule has 98 valence electrons. The topological polar surface area (TPSA) is 26.3 Å². The molecule has 0 aliphatic rings. The van der Waals surface area contributed by atoms with E-state index in [-0.39, 0.29) is 5.82 Å². The van der Waals surface area contributed by atoms with Gasteiger partial charge in [-0.25, -0.2) is 9.18 Å². The molecule has 1 aromatic carbocycles. The maximum absolute atomic E-state index is 12.7. The van der Waals surface area contributed by atoms with Gasteiger partial charge in [-0.2, -0.15) is 0 Å². The normalized spacial score (nSPS) is 10.1. The number of ether oxygens (including phenoxy) is 1. The zero-order valence-electron chi connectivity index (χ0n) is 10.7. The Morgan fingerprint density at radius 2 is 1.89 bits per heavy atom. The molecule has 0 N–H and O–H groups in total. The fourth-order valence-corrected chi connectivity index (χ4v) is 1.58. The van der Waals surface area contributed by atoms with Crippen LogP contribution in [0.2, 0.25) is 0 Å². The van der Waals surface area contributed by atoms with E-state index in [0.717, 1.165) is 12.8 Å². The van der Waals surface area contributed by atoms with Crippen LogP contribution in [0, 0.1) is 5.82 Å². The number of rotatable bonds is 7. The summed E-state index contributed by atoms with van der Waals surface area (Å²) in [5.74, 6) is -0.374. The van der Waals surface area contributed by atoms with Crippen LogP contribution in [-0.4, -0.2) is 5.97 Å². The Bertz CT molecular complexity index is 395. The summed E-state index contributed by atoms with van der Waals surface area (Å²) in [6.07, 6.45) is 5.13. The van der Waals surface area contributed by atoms with Gasteiger partial charge in [0.05, 0.1) is 5.56 Å². The molecular weight excluding hydrogens is 231 g/mol. The maximum atomic E-state index is 12.7. The zero-order valence-corrected chi connectivity index (χ0v) is 10.7. The Kier molecular flexibility index (Phi) is 6.12. The molecule has 18 heavy (non-hydrogen) atoms. The van der Waals surface area contributed by atoms with Crippen LogP contribution in [0.4, 0.5) is 4.39 Å². The third-order valence-electron chi connectivity index (χ3n) is 2.63. The van der Waals surface area contributed by atoms with Crippen LogP contribution in [0.5, 0.6) is 0 Å². The van der Waals surface area contributed by atoms with Crippen molar-refractivity contribution < 1.29 is 13.9 Å². The molecule has 0 saturated carbocycles. The molecule has 0 spiro atoms. The SMILES string of the molecule is C=C(CCCCCC)OC(=O)c1ccc(F)cc1. The summed E-state index contributed by atoms with van der Waals surface area (Å²) in [4.78, 5) is 11.6. The molecule has 0 radical (unpaired) electrons. The molecular formula is C15H19FO2. The highest BCUT2D eigenvalue weighted by Gasteiger charge is 2.08. The molecule has 0 aliphatic carbocycles. The summed E-state index contributed by atoms with van der Waals surface area (Å²) in [7, 11) is 0. The minimum absolute atomic E-state index is 0.339. The average Bonchev–Trinajstić information content (AvgIpc) is 2.35. The number of hydrogen-bond donors (Lipinski definition) is 0. The first-order valence-corrected chi connectivity index (χ1v) is 6.29. The van der Waals surface area contributed by atoms with Crippen LogP contribution in [0.15, 0.2) is 36.6 Å². The van der Waals surface area contributed by atoms with Crippen molar-refractivity contribution in [3.63, 3.8) is 0 Å². The summed E-state index contributed by atoms with van der Waals surface area (Å²) in [5.41, 5.74) is 0.339. The van der Waals surface area contributed by atoms with E-state index < -0.39 is 5.97 Å². The zero-order chi connectivity index (χ0) is 13.4. The van der Waals surface area contributed by atoms with E-state index in [2.05, 4.69) is 13.5 Å². The predicted octanol–water partition coefficient (Wildman–Crippen LogP) is 4.47. The molecule has 0 atom stereocenters. The van der Waals surface area contributed by atoms with E-state index in [1.807, 2.05) is 0 Å². The first-order valence-electron chi connectivity index (χ1n) is 6.29. The quantitative estimate of drug-likeness (QED) is 0.405. The number of carbonyl (C=O) groups excluding carboxylic acids is 1. The number of unbranched alkanes of at least 4 members (excludes halogenated alkanes) is 3. The van der Waals surface area contributed by atoms with Crippen LogP contribution in [-0.2, 0) is 4.74 Å². The molecule has 0 heterocycles. The lowest BCUT2D eigenvalue weighted by Crippen LogP contribution is -2.04. The summed E-state index contributed by atoms with van der Waals surface area (Å²) in [6, 6.07) is 5.28. The molecule has 0 saturated heterocycles. The van der Waals surface area contributed by atoms with E-state index in [4.69, 9.17) is 4.74 Å². The Balaban J connectivity index is 2.35. The second-order valence-electron chi connectivity index (χ2n) is 4.25. The van der Waals surface area contributed by atoms with Gasteiger partial charge in [0.15, 0.2) is 0 Å². The third kappa shape index (κ3) is 5.13. The Labute approximate surface area is 107 Å². The highest BCUT2D eigenvalue weighted by Crippen LogP contribution is 2.12. The monoisotopic (exact) mass is 250 g/mol. The highest BCUT2D eigenvalue weighted by molar-refractivity contribution is 5.89. The van der Waals surface area contributed by atoms with Crippen molar-refractivity contribution in [2.24, 2.45) is 0 Å². The summed E-state index contributed by atoms with van der Waals surface area (Å²) in [6.45, 7) is 5.86. The van der Waals surface area contributed by atoms with Gasteiger partial charge >= 0.3 is 5.97 Å². The van der Waals surface area contributed by atoms with Gasteiger partial charge in [0, 0.05) is 6.42 Å². The minimum Gasteiger partial charge on any atom is -0.428 e. The minimum atomic E-state index is -0.476.